The minimum atomic E-state index is -0.798. The van der Waals surface area contributed by atoms with Gasteiger partial charge in [0, 0.05) is 46.4 Å². The average molecular weight is 307 g/mol. The lowest BCUT2D eigenvalue weighted by Crippen LogP contribution is -2.18. The molecule has 0 aliphatic heterocycles. The number of aromatic nitrogens is 1. The molecule has 0 radical (unpaired) electrons. The van der Waals surface area contributed by atoms with E-state index in [1.807, 2.05) is 13.0 Å². The molecule has 1 aromatic carbocycles. The number of non-ortho nitro benzene ring substituents is 1. The Morgan fingerprint density at radius 2 is 2.14 bits per heavy atom. The molecule has 2 aromatic rings. The fourth-order valence-electron chi connectivity index (χ4n) is 1.97. The van der Waals surface area contributed by atoms with E-state index in [1.165, 1.54) is 12.1 Å². The first-order valence-corrected chi connectivity index (χ1v) is 8.30. The van der Waals surface area contributed by atoms with Crippen molar-refractivity contribution in [1.29, 1.82) is 0 Å². The highest BCUT2D eigenvalue weighted by Crippen LogP contribution is 2.21. The Hall–Kier alpha value is -2.02. The van der Waals surface area contributed by atoms with Crippen LogP contribution in [0.4, 0.5) is 11.5 Å². The third-order valence-corrected chi connectivity index (χ3v) is 3.93. The molecule has 0 amide bonds. The van der Waals surface area contributed by atoms with Crippen LogP contribution >= 0.6 is 0 Å². The maximum absolute atomic E-state index is 11.1. The van der Waals surface area contributed by atoms with E-state index in [9.17, 15) is 14.3 Å². The molecular formula is C14H17N3O3S. The third kappa shape index (κ3) is 4.22. The minimum Gasteiger partial charge on any atom is -0.368 e. The maximum atomic E-state index is 11.1. The van der Waals surface area contributed by atoms with Crippen LogP contribution in [-0.4, -0.2) is 32.2 Å². The highest BCUT2D eigenvalue weighted by molar-refractivity contribution is 7.84. The second-order valence-corrected chi connectivity index (χ2v) is 6.50. The van der Waals surface area contributed by atoms with Gasteiger partial charge in [0.2, 0.25) is 0 Å². The number of anilines is 1. The predicted octanol–water partition coefficient (Wildman–Crippen LogP) is 2.71. The van der Waals surface area contributed by atoms with Crippen molar-refractivity contribution in [2.24, 2.45) is 0 Å². The maximum Gasteiger partial charge on any atom is 0.270 e. The first-order valence-electron chi connectivity index (χ1n) is 6.57. The Balaban J connectivity index is 2.14. The van der Waals surface area contributed by atoms with Gasteiger partial charge in [-0.15, -0.1) is 0 Å². The highest BCUT2D eigenvalue weighted by atomic mass is 32.2. The van der Waals surface area contributed by atoms with Crippen LogP contribution in [0.15, 0.2) is 30.3 Å². The summed E-state index contributed by atoms with van der Waals surface area (Å²) in [7, 11) is -0.798. The number of pyridine rings is 1. The van der Waals surface area contributed by atoms with Crippen LogP contribution in [0.5, 0.6) is 0 Å². The monoisotopic (exact) mass is 307 g/mol. The van der Waals surface area contributed by atoms with Crippen LogP contribution in [0, 0.1) is 10.1 Å². The number of nitrogens with zero attached hydrogens (tertiary/aromatic N) is 2. The summed E-state index contributed by atoms with van der Waals surface area (Å²) in [6, 6.07) is 8.37. The zero-order valence-electron chi connectivity index (χ0n) is 11.9. The highest BCUT2D eigenvalue weighted by Gasteiger charge is 2.08. The van der Waals surface area contributed by atoms with Crippen molar-refractivity contribution in [2.45, 2.75) is 19.4 Å². The number of nitro benzene ring substituents is 1. The van der Waals surface area contributed by atoms with Gasteiger partial charge >= 0.3 is 0 Å². The van der Waals surface area contributed by atoms with E-state index < -0.39 is 15.7 Å². The van der Waals surface area contributed by atoms with Crippen LogP contribution in [0.1, 0.15) is 13.3 Å². The first-order chi connectivity index (χ1) is 9.95. The van der Waals surface area contributed by atoms with Gasteiger partial charge in [0.1, 0.15) is 5.82 Å². The topological polar surface area (TPSA) is 85.1 Å². The molecule has 1 aromatic heterocycles. The zero-order chi connectivity index (χ0) is 15.4. The van der Waals surface area contributed by atoms with Gasteiger partial charge in [0.05, 0.1) is 10.4 Å². The molecule has 112 valence electrons. The molecule has 0 saturated heterocycles. The number of nitrogens with one attached hydrogen (secondary N) is 1. The van der Waals surface area contributed by atoms with Gasteiger partial charge in [-0.1, -0.05) is 0 Å². The van der Waals surface area contributed by atoms with E-state index in [0.29, 0.717) is 17.1 Å². The Labute approximate surface area is 125 Å². The van der Waals surface area contributed by atoms with Crippen molar-refractivity contribution in [3.63, 3.8) is 0 Å². The first kappa shape index (κ1) is 15.4. The van der Waals surface area contributed by atoms with Gasteiger partial charge in [0.25, 0.3) is 5.69 Å². The summed E-state index contributed by atoms with van der Waals surface area (Å²) in [6.07, 6.45) is 2.48. The Bertz CT molecular complexity index is 690. The van der Waals surface area contributed by atoms with Crippen LogP contribution in [0.2, 0.25) is 0 Å². The fraction of sp³-hybridized carbons (Fsp3) is 0.357. The molecule has 2 unspecified atom stereocenters. The number of fused-ring (bicyclic) bond motifs is 1. The van der Waals surface area contributed by atoms with Crippen LogP contribution in [-0.2, 0) is 10.8 Å². The van der Waals surface area contributed by atoms with E-state index in [1.54, 1.807) is 18.4 Å². The third-order valence-electron chi connectivity index (χ3n) is 3.12. The van der Waals surface area contributed by atoms with Gasteiger partial charge in [0.15, 0.2) is 0 Å². The number of hydrogen-bond acceptors (Lipinski definition) is 5. The summed E-state index contributed by atoms with van der Waals surface area (Å²) in [5, 5.41) is 14.7. The SMILES string of the molecule is CC(CCS(C)=O)Nc1ccc2cc([N+](=O)[O-])ccc2n1. The van der Waals surface area contributed by atoms with E-state index >= 15 is 0 Å². The van der Waals surface area contributed by atoms with Gasteiger partial charge in [-0.05, 0) is 31.5 Å². The normalized spacial score (nSPS) is 13.8. The largest absolute Gasteiger partial charge is 0.368 e. The molecule has 0 bridgehead atoms. The lowest BCUT2D eigenvalue weighted by molar-refractivity contribution is -0.384. The van der Waals surface area contributed by atoms with Crippen molar-refractivity contribution in [2.75, 3.05) is 17.3 Å². The average Bonchev–Trinajstić information content (AvgIpc) is 2.44. The number of benzene rings is 1. The predicted molar refractivity (Wildman–Crippen MR) is 85.0 cm³/mol. The fourth-order valence-corrected chi connectivity index (χ4v) is 2.66. The van der Waals surface area contributed by atoms with E-state index in [2.05, 4.69) is 10.3 Å². The van der Waals surface area contributed by atoms with Crippen molar-refractivity contribution in [3.8, 4) is 0 Å². The second kappa shape index (κ2) is 6.62. The minimum absolute atomic E-state index is 0.0591. The Kier molecular flexibility index (Phi) is 4.85. The molecule has 0 aliphatic carbocycles. The van der Waals surface area contributed by atoms with Crippen molar-refractivity contribution in [1.82, 2.24) is 4.98 Å². The molecule has 2 atom stereocenters. The molecule has 0 spiro atoms. The summed E-state index contributed by atoms with van der Waals surface area (Å²) >= 11 is 0. The Morgan fingerprint density at radius 3 is 2.81 bits per heavy atom. The van der Waals surface area contributed by atoms with Gasteiger partial charge in [-0.3, -0.25) is 14.3 Å². The summed E-state index contributed by atoms with van der Waals surface area (Å²) in [5.41, 5.74) is 0.765. The van der Waals surface area contributed by atoms with Crippen LogP contribution < -0.4 is 5.32 Å². The summed E-state index contributed by atoms with van der Waals surface area (Å²) in [5.74, 6) is 1.36. The summed E-state index contributed by atoms with van der Waals surface area (Å²) in [6.45, 7) is 2.01. The second-order valence-electron chi connectivity index (χ2n) is 4.94. The molecule has 0 fully saturated rings. The smallest absolute Gasteiger partial charge is 0.270 e. The quantitative estimate of drug-likeness (QED) is 0.655. The van der Waals surface area contributed by atoms with Gasteiger partial charge in [-0.25, -0.2) is 4.98 Å². The molecule has 21 heavy (non-hydrogen) atoms. The summed E-state index contributed by atoms with van der Waals surface area (Å²) in [4.78, 5) is 14.7. The molecular weight excluding hydrogens is 290 g/mol. The van der Waals surface area contributed by atoms with E-state index in [-0.39, 0.29) is 11.7 Å². The van der Waals surface area contributed by atoms with Gasteiger partial charge in [-0.2, -0.15) is 0 Å². The zero-order valence-corrected chi connectivity index (χ0v) is 12.7. The molecule has 1 heterocycles. The lowest BCUT2D eigenvalue weighted by Gasteiger charge is -2.14. The Morgan fingerprint density at radius 1 is 1.38 bits per heavy atom. The van der Waals surface area contributed by atoms with E-state index in [4.69, 9.17) is 0 Å². The molecule has 2 rings (SSSR count). The van der Waals surface area contributed by atoms with Crippen molar-refractivity contribution in [3.05, 3.63) is 40.4 Å². The van der Waals surface area contributed by atoms with Gasteiger partial charge < -0.3 is 5.32 Å². The number of hydrogen-bond donors (Lipinski definition) is 1. The van der Waals surface area contributed by atoms with Crippen LogP contribution in [0.3, 0.4) is 0 Å². The van der Waals surface area contributed by atoms with E-state index in [0.717, 1.165) is 11.8 Å². The number of nitro groups is 1. The standard InChI is InChI=1S/C14H17N3O3S/c1-10(7-8-21(2)20)15-14-6-3-11-9-12(17(18)19)4-5-13(11)16-14/h3-6,9-10H,7-8H2,1-2H3,(H,15,16). The molecule has 0 aliphatic rings. The molecule has 0 saturated carbocycles. The van der Waals surface area contributed by atoms with Crippen molar-refractivity contribution < 1.29 is 9.13 Å². The molecule has 7 heteroatoms. The van der Waals surface area contributed by atoms with Crippen molar-refractivity contribution >= 4 is 33.2 Å². The lowest BCUT2D eigenvalue weighted by atomic mass is 10.2. The number of rotatable bonds is 6. The molecule has 1 N–H and O–H groups in total. The van der Waals surface area contributed by atoms with Crippen LogP contribution in [0.25, 0.3) is 10.9 Å². The molecule has 6 nitrogen and oxygen atoms in total. The summed E-state index contributed by atoms with van der Waals surface area (Å²) < 4.78 is 11.1.